The van der Waals surface area contributed by atoms with Gasteiger partial charge in [0, 0.05) is 5.02 Å². The minimum atomic E-state index is -0.573. The van der Waals surface area contributed by atoms with Crippen molar-refractivity contribution >= 4 is 17.5 Å². The van der Waals surface area contributed by atoms with Gasteiger partial charge in [0.25, 0.3) is 5.91 Å². The second-order valence-corrected chi connectivity index (χ2v) is 7.37. The summed E-state index contributed by atoms with van der Waals surface area (Å²) in [7, 11) is 1.64. The molecule has 2 aromatic carbocycles. The molecule has 0 bridgehead atoms. The van der Waals surface area contributed by atoms with Crippen LogP contribution < -0.4 is 14.8 Å². The third-order valence-electron chi connectivity index (χ3n) is 4.28. The van der Waals surface area contributed by atoms with Gasteiger partial charge in [-0.25, -0.2) is 0 Å². The zero-order chi connectivity index (χ0) is 19.8. The summed E-state index contributed by atoms with van der Waals surface area (Å²) in [6.07, 6.45) is 0.831. The molecule has 146 valence electrons. The minimum Gasteiger partial charge on any atom is -0.497 e. The Hall–Kier alpha value is -2.20. The van der Waals surface area contributed by atoms with Gasteiger partial charge in [0.05, 0.1) is 13.2 Å². The van der Waals surface area contributed by atoms with Crippen molar-refractivity contribution in [2.24, 2.45) is 5.92 Å². The number of hydrogen-bond donors (Lipinski definition) is 1. The number of amides is 1. The van der Waals surface area contributed by atoms with E-state index in [2.05, 4.69) is 19.2 Å². The van der Waals surface area contributed by atoms with Gasteiger partial charge in [-0.3, -0.25) is 4.79 Å². The highest BCUT2D eigenvalue weighted by Crippen LogP contribution is 2.25. The highest BCUT2D eigenvalue weighted by Gasteiger charge is 2.23. The van der Waals surface area contributed by atoms with Crippen molar-refractivity contribution in [1.29, 1.82) is 0 Å². The van der Waals surface area contributed by atoms with Crippen LogP contribution in [0.5, 0.6) is 11.5 Å². The molecule has 5 heteroatoms. The number of carbonyl (C=O) groups is 1. The van der Waals surface area contributed by atoms with Crippen molar-refractivity contribution in [2.45, 2.75) is 45.8 Å². The number of nitrogens with one attached hydrogen (secondary N) is 1. The summed E-state index contributed by atoms with van der Waals surface area (Å²) in [4.78, 5) is 12.9. The fraction of sp³-hybridized carbons (Fsp3) is 0.409. The first-order chi connectivity index (χ1) is 12.9. The van der Waals surface area contributed by atoms with Gasteiger partial charge in [-0.15, -0.1) is 0 Å². The fourth-order valence-electron chi connectivity index (χ4n) is 2.88. The maximum Gasteiger partial charge on any atom is 0.261 e. The van der Waals surface area contributed by atoms with Crippen LogP contribution in [-0.2, 0) is 4.79 Å². The van der Waals surface area contributed by atoms with Crippen LogP contribution >= 0.6 is 11.6 Å². The molecule has 0 saturated heterocycles. The Morgan fingerprint density at radius 2 is 1.81 bits per heavy atom. The molecule has 0 unspecified atom stereocenters. The molecule has 0 aliphatic carbocycles. The van der Waals surface area contributed by atoms with Gasteiger partial charge in [0.15, 0.2) is 6.10 Å². The molecule has 2 rings (SSSR count). The standard InChI is InChI=1S/C22H28ClNO3/c1-5-21(27-19-8-6-7-17(23)14-19)22(25)24-20(13-15(2)3)16-9-11-18(26-4)12-10-16/h6-12,14-15,20-21H,5,13H2,1-4H3,(H,24,25)/t20-,21-/m0/s1. The van der Waals surface area contributed by atoms with Gasteiger partial charge in [-0.2, -0.15) is 0 Å². The predicted octanol–water partition coefficient (Wildman–Crippen LogP) is 5.41. The predicted molar refractivity (Wildman–Crippen MR) is 109 cm³/mol. The number of halogens is 1. The molecule has 27 heavy (non-hydrogen) atoms. The number of methoxy groups -OCH3 is 1. The molecule has 0 heterocycles. The van der Waals surface area contributed by atoms with Gasteiger partial charge in [-0.1, -0.05) is 50.6 Å². The number of rotatable bonds is 9. The molecule has 0 fully saturated rings. The van der Waals surface area contributed by atoms with Crippen molar-refractivity contribution in [3.8, 4) is 11.5 Å². The zero-order valence-electron chi connectivity index (χ0n) is 16.4. The average Bonchev–Trinajstić information content (AvgIpc) is 2.65. The third-order valence-corrected chi connectivity index (χ3v) is 4.51. The van der Waals surface area contributed by atoms with E-state index in [9.17, 15) is 4.79 Å². The minimum absolute atomic E-state index is 0.0829. The number of benzene rings is 2. The maximum atomic E-state index is 12.9. The summed E-state index contributed by atoms with van der Waals surface area (Å²) in [5, 5.41) is 3.73. The molecule has 0 spiro atoms. The average molecular weight is 390 g/mol. The van der Waals surface area contributed by atoms with Crippen molar-refractivity contribution in [3.63, 3.8) is 0 Å². The molecule has 2 atom stereocenters. The first-order valence-corrected chi connectivity index (χ1v) is 9.67. The Labute approximate surface area is 166 Å². The smallest absolute Gasteiger partial charge is 0.261 e. The number of carbonyl (C=O) groups excluding carboxylic acids is 1. The lowest BCUT2D eigenvalue weighted by Crippen LogP contribution is -2.40. The number of hydrogen-bond acceptors (Lipinski definition) is 3. The van der Waals surface area contributed by atoms with Gasteiger partial charge in [-0.05, 0) is 54.7 Å². The van der Waals surface area contributed by atoms with Crippen molar-refractivity contribution in [2.75, 3.05) is 7.11 Å². The second-order valence-electron chi connectivity index (χ2n) is 6.94. The van der Waals surface area contributed by atoms with Crippen LogP contribution in [0.4, 0.5) is 0 Å². The molecule has 1 N–H and O–H groups in total. The molecule has 0 radical (unpaired) electrons. The highest BCUT2D eigenvalue weighted by atomic mass is 35.5. The SMILES string of the molecule is CC[C@H](Oc1cccc(Cl)c1)C(=O)N[C@@H](CC(C)C)c1ccc(OC)cc1. The van der Waals surface area contributed by atoms with E-state index in [0.29, 0.717) is 23.1 Å². The Balaban J connectivity index is 2.12. The Morgan fingerprint density at radius 1 is 1.11 bits per heavy atom. The molecule has 0 aliphatic rings. The topological polar surface area (TPSA) is 47.6 Å². The van der Waals surface area contributed by atoms with E-state index in [0.717, 1.165) is 17.7 Å². The van der Waals surface area contributed by atoms with Gasteiger partial charge in [0.2, 0.25) is 0 Å². The summed E-state index contributed by atoms with van der Waals surface area (Å²) >= 11 is 6.01. The summed E-state index contributed by atoms with van der Waals surface area (Å²) < 4.78 is 11.1. The van der Waals surface area contributed by atoms with Gasteiger partial charge in [0.1, 0.15) is 11.5 Å². The molecule has 0 aromatic heterocycles. The van der Waals surface area contributed by atoms with Crippen molar-refractivity contribution < 1.29 is 14.3 Å². The van der Waals surface area contributed by atoms with Crippen molar-refractivity contribution in [3.05, 3.63) is 59.1 Å². The van der Waals surface area contributed by atoms with Crippen LogP contribution in [0.25, 0.3) is 0 Å². The molecule has 0 aliphatic heterocycles. The van der Waals surface area contributed by atoms with E-state index in [-0.39, 0.29) is 11.9 Å². The monoisotopic (exact) mass is 389 g/mol. The van der Waals surface area contributed by atoms with Crippen LogP contribution in [0.2, 0.25) is 5.02 Å². The number of ether oxygens (including phenoxy) is 2. The van der Waals surface area contributed by atoms with E-state index >= 15 is 0 Å². The first-order valence-electron chi connectivity index (χ1n) is 9.29. The normalized spacial score (nSPS) is 13.1. The largest absolute Gasteiger partial charge is 0.497 e. The van der Waals surface area contributed by atoms with Crippen LogP contribution in [-0.4, -0.2) is 19.1 Å². The molecular formula is C22H28ClNO3. The maximum absolute atomic E-state index is 12.9. The Bertz CT molecular complexity index is 731. The van der Waals surface area contributed by atoms with E-state index < -0.39 is 6.10 Å². The van der Waals surface area contributed by atoms with Crippen LogP contribution in [0.3, 0.4) is 0 Å². The molecule has 0 saturated carbocycles. The lowest BCUT2D eigenvalue weighted by molar-refractivity contribution is -0.129. The third kappa shape index (κ3) is 6.47. The molecule has 4 nitrogen and oxygen atoms in total. The van der Waals surface area contributed by atoms with Gasteiger partial charge < -0.3 is 14.8 Å². The van der Waals surface area contributed by atoms with Gasteiger partial charge >= 0.3 is 0 Å². The zero-order valence-corrected chi connectivity index (χ0v) is 17.1. The molecule has 1 amide bonds. The first kappa shape index (κ1) is 21.1. The summed E-state index contributed by atoms with van der Waals surface area (Å²) in [6, 6.07) is 14.8. The summed E-state index contributed by atoms with van der Waals surface area (Å²) in [5.41, 5.74) is 1.05. The van der Waals surface area contributed by atoms with Crippen LogP contribution in [0.15, 0.2) is 48.5 Å². The van der Waals surface area contributed by atoms with E-state index in [1.54, 1.807) is 31.4 Å². The summed E-state index contributed by atoms with van der Waals surface area (Å²) in [5.74, 6) is 1.70. The Morgan fingerprint density at radius 3 is 2.37 bits per heavy atom. The van der Waals surface area contributed by atoms with Crippen LogP contribution in [0, 0.1) is 5.92 Å². The highest BCUT2D eigenvalue weighted by molar-refractivity contribution is 6.30. The fourth-order valence-corrected chi connectivity index (χ4v) is 3.06. The molecular weight excluding hydrogens is 362 g/mol. The summed E-state index contributed by atoms with van der Waals surface area (Å²) in [6.45, 7) is 6.21. The van der Waals surface area contributed by atoms with Crippen LogP contribution in [0.1, 0.15) is 45.2 Å². The van der Waals surface area contributed by atoms with E-state index in [1.165, 1.54) is 0 Å². The lowest BCUT2D eigenvalue weighted by Gasteiger charge is -2.24. The second kappa shape index (κ2) is 10.2. The van der Waals surface area contributed by atoms with Crippen molar-refractivity contribution in [1.82, 2.24) is 5.32 Å². The quantitative estimate of drug-likeness (QED) is 0.623. The lowest BCUT2D eigenvalue weighted by atomic mass is 9.96. The van der Waals surface area contributed by atoms with E-state index in [4.69, 9.17) is 21.1 Å². The van der Waals surface area contributed by atoms with E-state index in [1.807, 2.05) is 31.2 Å². The Kier molecular flexibility index (Phi) is 7.99. The molecule has 2 aromatic rings.